The molecule has 2 aliphatic heterocycles. The minimum atomic E-state index is -0.378. The highest BCUT2D eigenvalue weighted by atomic mass is 16.2. The molecule has 0 atom stereocenters. The lowest BCUT2D eigenvalue weighted by Crippen LogP contribution is -2.54. The maximum absolute atomic E-state index is 12.1. The van der Waals surface area contributed by atoms with E-state index in [2.05, 4.69) is 27.0 Å². The molecule has 0 bridgehead atoms. The number of hydrogen-bond acceptors (Lipinski definition) is 3. The molecule has 4 heteroatoms. The molecule has 1 amide bonds. The minimum absolute atomic E-state index is 0.149. The first-order chi connectivity index (χ1) is 8.33. The number of nitrogens with one attached hydrogen (secondary N) is 2. The van der Waals surface area contributed by atoms with Gasteiger partial charge in [0.05, 0.1) is 12.4 Å². The zero-order chi connectivity index (χ0) is 11.7. The second-order valence-electron chi connectivity index (χ2n) is 4.55. The third-order valence-corrected chi connectivity index (χ3v) is 3.69. The van der Waals surface area contributed by atoms with E-state index in [1.54, 1.807) is 0 Å². The van der Waals surface area contributed by atoms with E-state index in [0.29, 0.717) is 6.67 Å². The average molecular weight is 229 g/mol. The van der Waals surface area contributed by atoms with Gasteiger partial charge in [-0.05, 0) is 43.8 Å². The van der Waals surface area contributed by atoms with Gasteiger partial charge in [0.25, 0.3) is 0 Å². The first-order valence-corrected chi connectivity index (χ1v) is 5.98. The first kappa shape index (κ1) is 10.4. The highest BCUT2D eigenvalue weighted by Gasteiger charge is 2.49. The molecule has 0 radical (unpaired) electrons. The Morgan fingerprint density at radius 1 is 1.35 bits per heavy atom. The zero-order valence-electron chi connectivity index (χ0n) is 9.62. The Hall–Kier alpha value is -1.73. The second-order valence-corrected chi connectivity index (χ2v) is 4.55. The van der Waals surface area contributed by atoms with Gasteiger partial charge in [-0.1, -0.05) is 11.8 Å². The normalized spacial score (nSPS) is 25.3. The number of allylic oxidation sites excluding steroid dienone is 3. The summed E-state index contributed by atoms with van der Waals surface area (Å²) in [5.41, 5.74) is 6.62. The van der Waals surface area contributed by atoms with Gasteiger partial charge < -0.3 is 15.5 Å². The summed E-state index contributed by atoms with van der Waals surface area (Å²) < 4.78 is 0. The summed E-state index contributed by atoms with van der Waals surface area (Å²) in [6.07, 6.45) is 7.44. The molecule has 1 spiro atoms. The van der Waals surface area contributed by atoms with E-state index in [4.69, 9.17) is 0 Å². The van der Waals surface area contributed by atoms with Crippen LogP contribution in [0, 0.1) is 0 Å². The zero-order valence-corrected chi connectivity index (χ0v) is 9.62. The highest BCUT2D eigenvalue weighted by molar-refractivity contribution is 5.89. The van der Waals surface area contributed by atoms with Crippen LogP contribution in [0.2, 0.25) is 0 Å². The number of carbonyl (C=O) groups excluding carboxylic acids is 1. The molecule has 1 aliphatic carbocycles. The van der Waals surface area contributed by atoms with Crippen LogP contribution in [-0.4, -0.2) is 36.1 Å². The van der Waals surface area contributed by atoms with Gasteiger partial charge in [-0.2, -0.15) is 0 Å². The van der Waals surface area contributed by atoms with E-state index in [1.165, 1.54) is 0 Å². The van der Waals surface area contributed by atoms with Crippen molar-refractivity contribution in [2.24, 2.45) is 0 Å². The van der Waals surface area contributed by atoms with Gasteiger partial charge in [0.1, 0.15) is 5.54 Å². The Morgan fingerprint density at radius 2 is 2.18 bits per heavy atom. The van der Waals surface area contributed by atoms with Crippen LogP contribution >= 0.6 is 0 Å². The van der Waals surface area contributed by atoms with Crippen molar-refractivity contribution >= 4 is 5.91 Å². The van der Waals surface area contributed by atoms with E-state index < -0.39 is 0 Å². The number of amides is 1. The van der Waals surface area contributed by atoms with Crippen LogP contribution in [0.4, 0.5) is 0 Å². The standard InChI is InChI=1S/C13H15N3O/c17-12-13(6-8-14-9-7-13)16(10-15-12)11-4-2-1-3-5-11/h1-2,4,14H,6-10H2,(H,15,17). The number of nitrogens with zero attached hydrogens (tertiary/aromatic N) is 1. The van der Waals surface area contributed by atoms with Crippen LogP contribution in [0.3, 0.4) is 0 Å². The number of piperidine rings is 1. The van der Waals surface area contributed by atoms with E-state index >= 15 is 0 Å². The molecule has 3 aliphatic rings. The summed E-state index contributed by atoms with van der Waals surface area (Å²) in [5.74, 6) is 0.149. The second kappa shape index (κ2) is 3.94. The lowest BCUT2D eigenvalue weighted by Gasteiger charge is -2.39. The van der Waals surface area contributed by atoms with Crippen molar-refractivity contribution in [1.82, 2.24) is 15.5 Å². The van der Waals surface area contributed by atoms with Crippen molar-refractivity contribution in [2.75, 3.05) is 19.8 Å². The highest BCUT2D eigenvalue weighted by Crippen LogP contribution is 2.33. The number of rotatable bonds is 1. The Balaban J connectivity index is 1.99. The van der Waals surface area contributed by atoms with Gasteiger partial charge in [-0.25, -0.2) is 0 Å². The van der Waals surface area contributed by atoms with E-state index in [9.17, 15) is 4.79 Å². The molecule has 2 heterocycles. The van der Waals surface area contributed by atoms with Crippen molar-refractivity contribution < 1.29 is 4.79 Å². The molecule has 4 nitrogen and oxygen atoms in total. The molecule has 2 saturated heterocycles. The van der Waals surface area contributed by atoms with Crippen LogP contribution in [0.1, 0.15) is 12.8 Å². The third-order valence-electron chi connectivity index (χ3n) is 3.69. The van der Waals surface area contributed by atoms with Crippen LogP contribution in [0.25, 0.3) is 0 Å². The minimum Gasteiger partial charge on any atom is -0.336 e. The maximum Gasteiger partial charge on any atom is 0.247 e. The average Bonchev–Trinajstić information content (AvgIpc) is 2.69. The van der Waals surface area contributed by atoms with E-state index in [-0.39, 0.29) is 11.4 Å². The summed E-state index contributed by atoms with van der Waals surface area (Å²) in [6, 6.07) is 0. The molecule has 0 aromatic heterocycles. The van der Waals surface area contributed by atoms with Gasteiger partial charge in [0.2, 0.25) is 5.91 Å². The van der Waals surface area contributed by atoms with E-state index in [1.807, 2.05) is 18.2 Å². The van der Waals surface area contributed by atoms with Crippen molar-refractivity contribution in [3.63, 3.8) is 0 Å². The quantitative estimate of drug-likeness (QED) is 0.634. The molecule has 3 rings (SSSR count). The molecule has 0 aromatic carbocycles. The fraction of sp³-hybridized carbons (Fsp3) is 0.462. The van der Waals surface area contributed by atoms with Crippen LogP contribution in [-0.2, 0) is 4.79 Å². The fourth-order valence-electron chi connectivity index (χ4n) is 2.74. The Morgan fingerprint density at radius 3 is 2.88 bits per heavy atom. The van der Waals surface area contributed by atoms with Gasteiger partial charge in [-0.15, -0.1) is 0 Å². The lowest BCUT2D eigenvalue weighted by molar-refractivity contribution is -0.127. The summed E-state index contributed by atoms with van der Waals surface area (Å²) in [7, 11) is 0. The molecule has 17 heavy (non-hydrogen) atoms. The predicted molar refractivity (Wildman–Crippen MR) is 63.9 cm³/mol. The summed E-state index contributed by atoms with van der Waals surface area (Å²) in [5, 5.41) is 6.26. The number of hydrogen-bond donors (Lipinski definition) is 2. The van der Waals surface area contributed by atoms with Crippen LogP contribution in [0.15, 0.2) is 35.4 Å². The number of carbonyl (C=O) groups is 1. The van der Waals surface area contributed by atoms with Gasteiger partial charge in [0, 0.05) is 0 Å². The smallest absolute Gasteiger partial charge is 0.247 e. The molecule has 0 unspecified atom stereocenters. The van der Waals surface area contributed by atoms with Crippen LogP contribution < -0.4 is 10.6 Å². The molecule has 0 aromatic rings. The Bertz CT molecular complexity index is 473. The largest absolute Gasteiger partial charge is 0.336 e. The van der Waals surface area contributed by atoms with Crippen molar-refractivity contribution in [2.45, 2.75) is 18.4 Å². The SMILES string of the molecule is O=C1NCN(C2=C=C=CC=C2)C12CCNCC2. The predicted octanol–water partition coefficient (Wildman–Crippen LogP) is 0.262. The molecular formula is C13H15N3O. The Kier molecular flexibility index (Phi) is 2.41. The van der Waals surface area contributed by atoms with Crippen LogP contribution in [0.5, 0.6) is 0 Å². The van der Waals surface area contributed by atoms with Gasteiger partial charge in [-0.3, -0.25) is 4.79 Å². The van der Waals surface area contributed by atoms with Gasteiger partial charge >= 0.3 is 0 Å². The van der Waals surface area contributed by atoms with Crippen molar-refractivity contribution in [3.8, 4) is 0 Å². The summed E-state index contributed by atoms with van der Waals surface area (Å²) in [4.78, 5) is 14.3. The lowest BCUT2D eigenvalue weighted by atomic mass is 9.86. The summed E-state index contributed by atoms with van der Waals surface area (Å²) >= 11 is 0. The molecule has 2 N–H and O–H groups in total. The molecule has 88 valence electrons. The molecule has 0 saturated carbocycles. The van der Waals surface area contributed by atoms with Gasteiger partial charge in [0.15, 0.2) is 0 Å². The summed E-state index contributed by atoms with van der Waals surface area (Å²) in [6.45, 7) is 2.36. The maximum atomic E-state index is 12.1. The van der Waals surface area contributed by atoms with E-state index in [0.717, 1.165) is 31.6 Å². The van der Waals surface area contributed by atoms with Crippen molar-refractivity contribution in [1.29, 1.82) is 0 Å². The fourth-order valence-corrected chi connectivity index (χ4v) is 2.74. The molecule has 2 fully saturated rings. The van der Waals surface area contributed by atoms with Crippen molar-refractivity contribution in [3.05, 3.63) is 35.4 Å². The topological polar surface area (TPSA) is 44.4 Å². The Labute approximate surface area is 100 Å². The third kappa shape index (κ3) is 1.55. The molecular weight excluding hydrogens is 214 g/mol. The first-order valence-electron chi connectivity index (χ1n) is 5.98. The monoisotopic (exact) mass is 229 g/mol.